The molecule has 20 heavy (non-hydrogen) atoms. The van der Waals surface area contributed by atoms with Crippen LogP contribution in [0.25, 0.3) is 0 Å². The quantitative estimate of drug-likeness (QED) is 0.861. The molecule has 1 aromatic carbocycles. The Kier molecular flexibility index (Phi) is 4.62. The molecule has 1 atom stereocenters. The van der Waals surface area contributed by atoms with E-state index in [0.29, 0.717) is 11.6 Å². The first-order valence-electron chi connectivity index (χ1n) is 6.51. The highest BCUT2D eigenvalue weighted by atomic mass is 32.2. The lowest BCUT2D eigenvalue weighted by Gasteiger charge is -2.23. The van der Waals surface area contributed by atoms with Crippen LogP contribution < -0.4 is 5.32 Å². The molecule has 0 radical (unpaired) electrons. The van der Waals surface area contributed by atoms with Crippen molar-refractivity contribution in [1.82, 2.24) is 0 Å². The summed E-state index contributed by atoms with van der Waals surface area (Å²) in [4.78, 5) is 4.59. The number of anilines is 1. The van der Waals surface area contributed by atoms with Crippen molar-refractivity contribution in [2.24, 2.45) is 10.9 Å². The number of amidine groups is 1. The number of alkyl halides is 3. The number of benzene rings is 1. The topological polar surface area (TPSA) is 24.4 Å². The van der Waals surface area contributed by atoms with Gasteiger partial charge in [0.05, 0.1) is 11.6 Å². The number of thioether (sulfide) groups is 1. The number of aliphatic imine (C=N–C) groups is 1. The average Bonchev–Trinajstić information content (AvgIpc) is 2.38. The minimum atomic E-state index is -4.29. The highest BCUT2D eigenvalue weighted by molar-refractivity contribution is 8.14. The number of rotatable bonds is 2. The summed E-state index contributed by atoms with van der Waals surface area (Å²) < 4.78 is 37.4. The molecule has 1 N–H and O–H groups in total. The van der Waals surface area contributed by atoms with Crippen LogP contribution in [0, 0.1) is 5.92 Å². The minimum Gasteiger partial charge on any atom is -0.335 e. The second-order valence-electron chi connectivity index (χ2n) is 5.08. The van der Waals surface area contributed by atoms with Crippen molar-refractivity contribution >= 4 is 22.6 Å². The van der Waals surface area contributed by atoms with Gasteiger partial charge in [0.15, 0.2) is 5.17 Å². The SMILES string of the molecule is CC(C)C1CCSC(Nc2ccc(C(F)(F)F)cc2)=N1. The molecule has 110 valence electrons. The smallest absolute Gasteiger partial charge is 0.335 e. The Bertz CT molecular complexity index is 480. The minimum absolute atomic E-state index is 0.285. The average molecular weight is 302 g/mol. The maximum Gasteiger partial charge on any atom is 0.416 e. The molecule has 2 rings (SSSR count). The molecule has 1 heterocycles. The Morgan fingerprint density at radius 2 is 1.90 bits per heavy atom. The highest BCUT2D eigenvalue weighted by Gasteiger charge is 2.30. The number of hydrogen-bond acceptors (Lipinski definition) is 3. The maximum absolute atomic E-state index is 12.5. The van der Waals surface area contributed by atoms with E-state index in [1.54, 1.807) is 11.8 Å². The first-order chi connectivity index (χ1) is 9.36. The fourth-order valence-corrected chi connectivity index (χ4v) is 2.90. The van der Waals surface area contributed by atoms with Crippen molar-refractivity contribution in [2.45, 2.75) is 32.5 Å². The molecule has 6 heteroatoms. The molecule has 0 saturated carbocycles. The van der Waals surface area contributed by atoms with Crippen LogP contribution in [0.4, 0.5) is 18.9 Å². The first-order valence-corrected chi connectivity index (χ1v) is 7.49. The van der Waals surface area contributed by atoms with Gasteiger partial charge in [0, 0.05) is 11.4 Å². The monoisotopic (exact) mass is 302 g/mol. The summed E-state index contributed by atoms with van der Waals surface area (Å²) in [6.07, 6.45) is -3.25. The Balaban J connectivity index is 2.07. The van der Waals surface area contributed by atoms with Gasteiger partial charge < -0.3 is 5.32 Å². The normalized spacial score (nSPS) is 19.9. The number of nitrogens with one attached hydrogen (secondary N) is 1. The Labute approximate surface area is 120 Å². The lowest BCUT2D eigenvalue weighted by molar-refractivity contribution is -0.137. The standard InChI is InChI=1S/C14H17F3N2S/c1-9(2)12-7-8-20-13(19-12)18-11-5-3-10(4-6-11)14(15,16)17/h3-6,9,12H,7-8H2,1-2H3,(H,18,19). The van der Waals surface area contributed by atoms with Gasteiger partial charge in [-0.1, -0.05) is 25.6 Å². The van der Waals surface area contributed by atoms with Gasteiger partial charge in [0.1, 0.15) is 0 Å². The van der Waals surface area contributed by atoms with Crippen molar-refractivity contribution in [1.29, 1.82) is 0 Å². The van der Waals surface area contributed by atoms with E-state index in [1.165, 1.54) is 12.1 Å². The molecule has 0 aliphatic carbocycles. The molecule has 0 spiro atoms. The van der Waals surface area contributed by atoms with Crippen LogP contribution in [-0.4, -0.2) is 17.0 Å². The van der Waals surface area contributed by atoms with Gasteiger partial charge in [-0.2, -0.15) is 13.2 Å². The molecule has 0 aromatic heterocycles. The maximum atomic E-state index is 12.5. The Hall–Kier alpha value is -1.17. The van der Waals surface area contributed by atoms with E-state index < -0.39 is 11.7 Å². The summed E-state index contributed by atoms with van der Waals surface area (Å²) in [7, 11) is 0. The Morgan fingerprint density at radius 1 is 1.25 bits per heavy atom. The van der Waals surface area contributed by atoms with Gasteiger partial charge in [-0.3, -0.25) is 4.99 Å². The van der Waals surface area contributed by atoms with E-state index in [-0.39, 0.29) is 6.04 Å². The third-order valence-corrected chi connectivity index (χ3v) is 4.09. The second-order valence-corrected chi connectivity index (χ2v) is 6.17. The summed E-state index contributed by atoms with van der Waals surface area (Å²) >= 11 is 1.61. The van der Waals surface area contributed by atoms with Gasteiger partial charge in [-0.25, -0.2) is 0 Å². The Morgan fingerprint density at radius 3 is 2.45 bits per heavy atom. The zero-order valence-electron chi connectivity index (χ0n) is 11.4. The molecule has 0 amide bonds. The third kappa shape index (κ3) is 3.91. The number of halogens is 3. The van der Waals surface area contributed by atoms with E-state index in [2.05, 4.69) is 24.2 Å². The predicted molar refractivity (Wildman–Crippen MR) is 78.2 cm³/mol. The third-order valence-electron chi connectivity index (χ3n) is 3.17. The van der Waals surface area contributed by atoms with Gasteiger partial charge >= 0.3 is 6.18 Å². The van der Waals surface area contributed by atoms with Crippen LogP contribution in [0.1, 0.15) is 25.8 Å². The molecule has 1 unspecified atom stereocenters. The molecule has 1 aliphatic rings. The van der Waals surface area contributed by atoms with Crippen LogP contribution in [0.5, 0.6) is 0 Å². The predicted octanol–water partition coefficient (Wildman–Crippen LogP) is 4.63. The van der Waals surface area contributed by atoms with Gasteiger partial charge in [0.2, 0.25) is 0 Å². The summed E-state index contributed by atoms with van der Waals surface area (Å²) in [5.41, 5.74) is -0.00463. The fourth-order valence-electron chi connectivity index (χ4n) is 1.95. The van der Waals surface area contributed by atoms with Crippen LogP contribution in [0.2, 0.25) is 0 Å². The lowest BCUT2D eigenvalue weighted by Crippen LogP contribution is -2.23. The van der Waals surface area contributed by atoms with E-state index in [0.717, 1.165) is 29.5 Å². The molecule has 1 aromatic rings. The number of hydrogen-bond donors (Lipinski definition) is 1. The summed E-state index contributed by atoms with van der Waals surface area (Å²) in [5, 5.41) is 3.88. The van der Waals surface area contributed by atoms with E-state index in [4.69, 9.17) is 0 Å². The van der Waals surface area contributed by atoms with Crippen LogP contribution in [0.15, 0.2) is 29.3 Å². The van der Waals surface area contributed by atoms with E-state index in [1.807, 2.05) is 0 Å². The van der Waals surface area contributed by atoms with Crippen LogP contribution in [-0.2, 0) is 6.18 Å². The lowest BCUT2D eigenvalue weighted by atomic mass is 10.0. The highest BCUT2D eigenvalue weighted by Crippen LogP contribution is 2.30. The molecule has 0 bridgehead atoms. The molecule has 0 saturated heterocycles. The van der Waals surface area contributed by atoms with Crippen molar-refractivity contribution < 1.29 is 13.2 Å². The zero-order chi connectivity index (χ0) is 14.8. The van der Waals surface area contributed by atoms with Crippen molar-refractivity contribution in [2.75, 3.05) is 11.1 Å². The van der Waals surface area contributed by atoms with Gasteiger partial charge in [-0.05, 0) is 36.6 Å². The van der Waals surface area contributed by atoms with Crippen molar-refractivity contribution in [3.63, 3.8) is 0 Å². The molecule has 0 fully saturated rings. The number of nitrogens with zero attached hydrogens (tertiary/aromatic N) is 1. The fraction of sp³-hybridized carbons (Fsp3) is 0.500. The summed E-state index contributed by atoms with van der Waals surface area (Å²) in [6, 6.07) is 5.32. The molecule has 1 aliphatic heterocycles. The van der Waals surface area contributed by atoms with Crippen LogP contribution >= 0.6 is 11.8 Å². The second kappa shape index (κ2) is 6.08. The van der Waals surface area contributed by atoms with Crippen LogP contribution in [0.3, 0.4) is 0 Å². The van der Waals surface area contributed by atoms with E-state index >= 15 is 0 Å². The van der Waals surface area contributed by atoms with Gasteiger partial charge in [0.25, 0.3) is 0 Å². The molecule has 2 nitrogen and oxygen atoms in total. The van der Waals surface area contributed by atoms with Gasteiger partial charge in [-0.15, -0.1) is 0 Å². The summed E-state index contributed by atoms with van der Waals surface area (Å²) in [6.45, 7) is 4.25. The van der Waals surface area contributed by atoms with E-state index in [9.17, 15) is 13.2 Å². The van der Waals surface area contributed by atoms with Crippen molar-refractivity contribution in [3.8, 4) is 0 Å². The zero-order valence-corrected chi connectivity index (χ0v) is 12.2. The molecular formula is C14H17F3N2S. The first kappa shape index (κ1) is 15.2. The van der Waals surface area contributed by atoms with Crippen molar-refractivity contribution in [3.05, 3.63) is 29.8 Å². The largest absolute Gasteiger partial charge is 0.416 e. The summed E-state index contributed by atoms with van der Waals surface area (Å²) in [5.74, 6) is 1.45. The molecular weight excluding hydrogens is 285 g/mol.